The summed E-state index contributed by atoms with van der Waals surface area (Å²) < 4.78 is 30.1. The first-order chi connectivity index (χ1) is 11.8. The van der Waals surface area contributed by atoms with Crippen LogP contribution >= 0.6 is 0 Å². The maximum absolute atomic E-state index is 12.6. The molecule has 0 aliphatic heterocycles. The number of hydrogen-bond donors (Lipinski definition) is 2. The van der Waals surface area contributed by atoms with Crippen LogP contribution in [0.1, 0.15) is 22.8 Å². The second-order valence-electron chi connectivity index (χ2n) is 5.17. The number of ether oxygens (including phenoxy) is 1. The molecule has 25 heavy (non-hydrogen) atoms. The van der Waals surface area contributed by atoms with Gasteiger partial charge in [0.1, 0.15) is 5.75 Å². The number of sulfone groups is 1. The van der Waals surface area contributed by atoms with Crippen LogP contribution in [-0.4, -0.2) is 32.0 Å². The van der Waals surface area contributed by atoms with E-state index in [9.17, 15) is 23.1 Å². The van der Waals surface area contributed by atoms with E-state index in [0.717, 1.165) is 12.1 Å². The quantitative estimate of drug-likeness (QED) is 0.748. The summed E-state index contributed by atoms with van der Waals surface area (Å²) in [4.78, 5) is 22.5. The summed E-state index contributed by atoms with van der Waals surface area (Å²) >= 11 is 0. The van der Waals surface area contributed by atoms with Gasteiger partial charge >= 0.3 is 5.97 Å². The van der Waals surface area contributed by atoms with Gasteiger partial charge in [-0.3, -0.25) is 9.59 Å². The minimum absolute atomic E-state index is 0.0128. The fraction of sp³-hybridized carbons (Fsp3) is 0.176. The van der Waals surface area contributed by atoms with Crippen LogP contribution in [-0.2, 0) is 25.8 Å². The number of amides is 1. The molecule has 7 nitrogen and oxygen atoms in total. The standard InChI is InChI=1S/C17H17NO6S/c1-2-24-16(20)9-11-3-5-12(6-4-11)25(22,23)13-7-8-15(19)14(10-13)17(18)21/h3-8,10,19H,2,9H2,1H3,(H2,18,21). The van der Waals surface area contributed by atoms with Gasteiger partial charge in [-0.15, -0.1) is 0 Å². The molecule has 0 aliphatic carbocycles. The fourth-order valence-corrected chi connectivity index (χ4v) is 3.47. The van der Waals surface area contributed by atoms with Crippen molar-refractivity contribution in [2.75, 3.05) is 6.61 Å². The van der Waals surface area contributed by atoms with E-state index in [1.54, 1.807) is 6.92 Å². The van der Waals surface area contributed by atoms with Gasteiger partial charge in [-0.1, -0.05) is 12.1 Å². The first-order valence-corrected chi connectivity index (χ1v) is 8.86. The molecule has 0 radical (unpaired) electrons. The van der Waals surface area contributed by atoms with Crippen molar-refractivity contribution < 1.29 is 27.9 Å². The molecular weight excluding hydrogens is 346 g/mol. The molecule has 0 unspecified atom stereocenters. The number of nitrogens with two attached hydrogens (primary N) is 1. The third-order valence-electron chi connectivity index (χ3n) is 3.43. The number of esters is 1. The Bertz CT molecular complexity index is 903. The highest BCUT2D eigenvalue weighted by molar-refractivity contribution is 7.91. The average Bonchev–Trinajstić information content (AvgIpc) is 2.55. The highest BCUT2D eigenvalue weighted by Gasteiger charge is 2.20. The molecule has 3 N–H and O–H groups in total. The van der Waals surface area contributed by atoms with Crippen molar-refractivity contribution in [2.45, 2.75) is 23.1 Å². The van der Waals surface area contributed by atoms with Crippen molar-refractivity contribution in [1.29, 1.82) is 0 Å². The molecule has 132 valence electrons. The van der Waals surface area contributed by atoms with Gasteiger partial charge in [0.2, 0.25) is 9.84 Å². The van der Waals surface area contributed by atoms with Crippen molar-refractivity contribution in [1.82, 2.24) is 0 Å². The minimum atomic E-state index is -3.90. The predicted molar refractivity (Wildman–Crippen MR) is 88.9 cm³/mol. The van der Waals surface area contributed by atoms with Crippen molar-refractivity contribution in [3.63, 3.8) is 0 Å². The van der Waals surface area contributed by atoms with Crippen LogP contribution in [0.4, 0.5) is 0 Å². The molecule has 0 spiro atoms. The fourth-order valence-electron chi connectivity index (χ4n) is 2.18. The van der Waals surface area contributed by atoms with Crippen LogP contribution in [0.5, 0.6) is 5.75 Å². The molecule has 0 atom stereocenters. The van der Waals surface area contributed by atoms with Crippen LogP contribution in [0.25, 0.3) is 0 Å². The molecular formula is C17H17NO6S. The summed E-state index contributed by atoms with van der Waals surface area (Å²) in [6.45, 7) is 1.97. The second-order valence-corrected chi connectivity index (χ2v) is 7.12. The normalized spacial score (nSPS) is 11.1. The summed E-state index contributed by atoms with van der Waals surface area (Å²) in [7, 11) is -3.90. The third-order valence-corrected chi connectivity index (χ3v) is 5.20. The third kappa shape index (κ3) is 4.16. The van der Waals surface area contributed by atoms with Crippen molar-refractivity contribution >= 4 is 21.7 Å². The topological polar surface area (TPSA) is 124 Å². The number of carbonyl (C=O) groups excluding carboxylic acids is 2. The predicted octanol–water partition coefficient (Wildman–Crippen LogP) is 1.43. The van der Waals surface area contributed by atoms with Gasteiger partial charge in [0.05, 0.1) is 28.4 Å². The number of phenols is 1. The number of aromatic hydroxyl groups is 1. The lowest BCUT2D eigenvalue weighted by atomic mass is 10.1. The Morgan fingerprint density at radius 1 is 1.08 bits per heavy atom. The maximum atomic E-state index is 12.6. The monoisotopic (exact) mass is 363 g/mol. The van der Waals surface area contributed by atoms with Gasteiger partial charge in [0, 0.05) is 0 Å². The van der Waals surface area contributed by atoms with E-state index < -0.39 is 27.5 Å². The summed E-state index contributed by atoms with van der Waals surface area (Å²) in [6, 6.07) is 9.06. The van der Waals surface area contributed by atoms with Gasteiger partial charge in [-0.2, -0.15) is 0 Å². The first kappa shape index (κ1) is 18.5. The van der Waals surface area contributed by atoms with E-state index in [1.807, 2.05) is 0 Å². The van der Waals surface area contributed by atoms with Gasteiger partial charge in [0.15, 0.2) is 0 Å². The van der Waals surface area contributed by atoms with E-state index in [1.165, 1.54) is 30.3 Å². The van der Waals surface area contributed by atoms with Gasteiger partial charge < -0.3 is 15.6 Å². The second kappa shape index (κ2) is 7.35. The number of carbonyl (C=O) groups is 2. The van der Waals surface area contributed by atoms with Gasteiger partial charge in [-0.05, 0) is 42.8 Å². The molecule has 0 bridgehead atoms. The first-order valence-electron chi connectivity index (χ1n) is 7.38. The smallest absolute Gasteiger partial charge is 0.310 e. The molecule has 1 amide bonds. The Hall–Kier alpha value is -2.87. The van der Waals surface area contributed by atoms with Crippen molar-refractivity contribution in [2.24, 2.45) is 5.73 Å². The molecule has 2 aromatic rings. The van der Waals surface area contributed by atoms with E-state index in [-0.39, 0.29) is 28.4 Å². The molecule has 0 heterocycles. The maximum Gasteiger partial charge on any atom is 0.310 e. The lowest BCUT2D eigenvalue weighted by molar-refractivity contribution is -0.142. The Labute approximate surface area is 145 Å². The zero-order valence-electron chi connectivity index (χ0n) is 13.4. The summed E-state index contributed by atoms with van der Waals surface area (Å²) in [6.07, 6.45) is 0.0409. The Morgan fingerprint density at radius 3 is 2.24 bits per heavy atom. The molecule has 0 aliphatic rings. The van der Waals surface area contributed by atoms with Crippen molar-refractivity contribution in [3.8, 4) is 5.75 Å². The van der Waals surface area contributed by atoms with Crippen LogP contribution in [0.3, 0.4) is 0 Å². The summed E-state index contributed by atoms with van der Waals surface area (Å²) in [5.74, 6) is -1.72. The Kier molecular flexibility index (Phi) is 5.43. The molecule has 8 heteroatoms. The summed E-state index contributed by atoms with van der Waals surface area (Å²) in [5.41, 5.74) is 5.45. The van der Waals surface area contributed by atoms with E-state index in [2.05, 4.69) is 0 Å². The highest BCUT2D eigenvalue weighted by Crippen LogP contribution is 2.26. The minimum Gasteiger partial charge on any atom is -0.507 e. The van der Waals surface area contributed by atoms with Crippen LogP contribution in [0.2, 0.25) is 0 Å². The van der Waals surface area contributed by atoms with Crippen molar-refractivity contribution in [3.05, 3.63) is 53.6 Å². The highest BCUT2D eigenvalue weighted by atomic mass is 32.2. The Morgan fingerprint density at radius 2 is 1.68 bits per heavy atom. The van der Waals surface area contributed by atoms with E-state index in [4.69, 9.17) is 10.5 Å². The average molecular weight is 363 g/mol. The van der Waals surface area contributed by atoms with Crippen LogP contribution in [0.15, 0.2) is 52.3 Å². The van der Waals surface area contributed by atoms with Crippen LogP contribution in [0, 0.1) is 0 Å². The zero-order valence-corrected chi connectivity index (χ0v) is 14.2. The number of primary amides is 1. The Balaban J connectivity index is 2.32. The SMILES string of the molecule is CCOC(=O)Cc1ccc(S(=O)(=O)c2ccc(O)c(C(N)=O)c2)cc1. The largest absolute Gasteiger partial charge is 0.507 e. The van der Waals surface area contributed by atoms with Crippen LogP contribution < -0.4 is 5.73 Å². The number of rotatable bonds is 6. The van der Waals surface area contributed by atoms with Gasteiger partial charge in [-0.25, -0.2) is 8.42 Å². The lowest BCUT2D eigenvalue weighted by Gasteiger charge is -2.08. The lowest BCUT2D eigenvalue weighted by Crippen LogP contribution is -2.12. The van der Waals surface area contributed by atoms with E-state index in [0.29, 0.717) is 5.56 Å². The van der Waals surface area contributed by atoms with E-state index >= 15 is 0 Å². The molecule has 2 aromatic carbocycles. The zero-order chi connectivity index (χ0) is 18.6. The molecule has 0 saturated carbocycles. The molecule has 0 aromatic heterocycles. The number of hydrogen-bond acceptors (Lipinski definition) is 6. The molecule has 0 fully saturated rings. The summed E-state index contributed by atoms with van der Waals surface area (Å²) in [5, 5.41) is 9.57. The number of benzene rings is 2. The van der Waals surface area contributed by atoms with Gasteiger partial charge in [0.25, 0.3) is 5.91 Å². The molecule has 0 saturated heterocycles. The molecule has 2 rings (SSSR count).